The van der Waals surface area contributed by atoms with E-state index in [1.807, 2.05) is 50.2 Å². The molecule has 0 saturated heterocycles. The average molecular weight is 482 g/mol. The van der Waals surface area contributed by atoms with Crippen LogP contribution in [-0.2, 0) is 6.54 Å². The van der Waals surface area contributed by atoms with Crippen LogP contribution >= 0.6 is 24.0 Å². The van der Waals surface area contributed by atoms with Crippen LogP contribution in [0, 0.1) is 0 Å². The number of benzene rings is 1. The molecule has 0 bridgehead atoms. The molecule has 1 aromatic heterocycles. The van der Waals surface area contributed by atoms with E-state index in [1.54, 1.807) is 12.3 Å². The highest BCUT2D eigenvalue weighted by atomic mass is 127. The van der Waals surface area contributed by atoms with E-state index in [9.17, 15) is 0 Å². The van der Waals surface area contributed by atoms with Gasteiger partial charge in [0.2, 0.25) is 5.88 Å². The molecule has 0 aliphatic carbocycles. The van der Waals surface area contributed by atoms with Crippen molar-refractivity contribution in [3.8, 4) is 17.4 Å². The Hall–Kier alpha value is -2.29. The van der Waals surface area contributed by atoms with Crippen LogP contribution in [0.25, 0.3) is 0 Å². The Morgan fingerprint density at radius 2 is 1.93 bits per heavy atom. The summed E-state index contributed by atoms with van der Waals surface area (Å²) in [6.45, 7) is 10.2. The number of rotatable bonds is 9. The molecule has 146 valence electrons. The molecule has 0 aliphatic heterocycles. The van der Waals surface area contributed by atoms with Gasteiger partial charge in [-0.15, -0.1) is 30.6 Å². The van der Waals surface area contributed by atoms with Gasteiger partial charge in [-0.3, -0.25) is 0 Å². The first kappa shape index (κ1) is 22.8. The van der Waals surface area contributed by atoms with Gasteiger partial charge in [-0.2, -0.15) is 0 Å². The summed E-state index contributed by atoms with van der Waals surface area (Å²) >= 11 is 0. The predicted octanol–water partition coefficient (Wildman–Crippen LogP) is 4.13. The minimum atomic E-state index is 0. The normalized spacial score (nSPS) is 10.5. The van der Waals surface area contributed by atoms with Crippen LogP contribution in [0.3, 0.4) is 0 Å². The van der Waals surface area contributed by atoms with Crippen molar-refractivity contribution in [2.45, 2.75) is 20.4 Å². The number of aromatic nitrogens is 1. The summed E-state index contributed by atoms with van der Waals surface area (Å²) in [6, 6.07) is 11.3. The quantitative estimate of drug-likeness (QED) is 0.244. The molecule has 1 aromatic carbocycles. The summed E-state index contributed by atoms with van der Waals surface area (Å²) in [7, 11) is 0. The van der Waals surface area contributed by atoms with Crippen LogP contribution in [0.1, 0.15) is 19.4 Å². The van der Waals surface area contributed by atoms with Crippen molar-refractivity contribution >= 4 is 29.9 Å². The number of nitrogens with one attached hydrogen (secondary N) is 2. The standard InChI is InChI=1S/C20H26N4O2.HI/c1-4-13-22-20(21-5-2)24-15-16-11-12-19(23-14-16)26-18-10-8-7-9-17(18)25-6-3;/h4,7-12,14H,1,5-6,13,15H2,2-3H3,(H2,21,22,24);1H. The maximum atomic E-state index is 5.83. The number of hydrogen-bond donors (Lipinski definition) is 2. The van der Waals surface area contributed by atoms with Crippen LogP contribution < -0.4 is 20.1 Å². The minimum Gasteiger partial charge on any atom is -0.490 e. The van der Waals surface area contributed by atoms with Gasteiger partial charge < -0.3 is 20.1 Å². The molecule has 1 heterocycles. The monoisotopic (exact) mass is 482 g/mol. The molecule has 2 N–H and O–H groups in total. The smallest absolute Gasteiger partial charge is 0.219 e. The summed E-state index contributed by atoms with van der Waals surface area (Å²) < 4.78 is 11.4. The predicted molar refractivity (Wildman–Crippen MR) is 120 cm³/mol. The molecule has 0 saturated carbocycles. The van der Waals surface area contributed by atoms with Gasteiger partial charge in [-0.25, -0.2) is 9.98 Å². The fourth-order valence-corrected chi connectivity index (χ4v) is 2.17. The number of pyridine rings is 1. The van der Waals surface area contributed by atoms with Crippen LogP contribution in [0.2, 0.25) is 0 Å². The number of nitrogens with zero attached hydrogens (tertiary/aromatic N) is 2. The maximum Gasteiger partial charge on any atom is 0.219 e. The first-order valence-corrected chi connectivity index (χ1v) is 8.74. The highest BCUT2D eigenvalue weighted by Crippen LogP contribution is 2.30. The van der Waals surface area contributed by atoms with Crippen LogP contribution in [0.5, 0.6) is 17.4 Å². The Kier molecular flexibility index (Phi) is 10.9. The fourth-order valence-electron chi connectivity index (χ4n) is 2.17. The Morgan fingerprint density at radius 3 is 2.56 bits per heavy atom. The van der Waals surface area contributed by atoms with Gasteiger partial charge in [-0.05, 0) is 31.5 Å². The molecule has 0 spiro atoms. The first-order chi connectivity index (χ1) is 12.8. The second-order valence-corrected chi connectivity index (χ2v) is 5.35. The van der Waals surface area contributed by atoms with Gasteiger partial charge in [0, 0.05) is 25.4 Å². The second-order valence-electron chi connectivity index (χ2n) is 5.35. The number of halogens is 1. The molecule has 2 rings (SSSR count). The van der Waals surface area contributed by atoms with Crippen molar-refractivity contribution < 1.29 is 9.47 Å². The number of aliphatic imine (C=N–C) groups is 1. The molecule has 2 aromatic rings. The van der Waals surface area contributed by atoms with Crippen LogP contribution in [-0.4, -0.2) is 30.6 Å². The summed E-state index contributed by atoms with van der Waals surface area (Å²) in [5, 5.41) is 6.35. The molecule has 0 atom stereocenters. The Labute approximate surface area is 178 Å². The number of para-hydroxylation sites is 2. The molecule has 0 unspecified atom stereocenters. The van der Waals surface area contributed by atoms with Gasteiger partial charge in [0.15, 0.2) is 17.5 Å². The van der Waals surface area contributed by atoms with Gasteiger partial charge in [-0.1, -0.05) is 24.3 Å². The lowest BCUT2D eigenvalue weighted by Gasteiger charge is -2.11. The Bertz CT molecular complexity index is 720. The Morgan fingerprint density at radius 1 is 1.15 bits per heavy atom. The van der Waals surface area contributed by atoms with E-state index in [0.29, 0.717) is 37.1 Å². The van der Waals surface area contributed by atoms with E-state index in [0.717, 1.165) is 18.1 Å². The lowest BCUT2D eigenvalue weighted by Crippen LogP contribution is -2.37. The largest absolute Gasteiger partial charge is 0.490 e. The van der Waals surface area contributed by atoms with Crippen LogP contribution in [0.4, 0.5) is 0 Å². The fraction of sp³-hybridized carbons (Fsp3) is 0.300. The second kappa shape index (κ2) is 13.0. The van der Waals surface area contributed by atoms with E-state index in [1.165, 1.54) is 0 Å². The molecule has 6 nitrogen and oxygen atoms in total. The minimum absolute atomic E-state index is 0. The van der Waals surface area contributed by atoms with Gasteiger partial charge >= 0.3 is 0 Å². The molecule has 0 aliphatic rings. The summed E-state index contributed by atoms with van der Waals surface area (Å²) in [6.07, 6.45) is 3.56. The zero-order valence-electron chi connectivity index (χ0n) is 15.8. The lowest BCUT2D eigenvalue weighted by atomic mass is 10.3. The lowest BCUT2D eigenvalue weighted by molar-refractivity contribution is 0.319. The molecule has 27 heavy (non-hydrogen) atoms. The zero-order chi connectivity index (χ0) is 18.6. The third-order valence-corrected chi connectivity index (χ3v) is 3.34. The van der Waals surface area contributed by atoms with Crippen molar-refractivity contribution in [3.05, 3.63) is 60.8 Å². The average Bonchev–Trinajstić information content (AvgIpc) is 2.67. The van der Waals surface area contributed by atoms with Gasteiger partial charge in [0.25, 0.3) is 0 Å². The van der Waals surface area contributed by atoms with Crippen LogP contribution in [0.15, 0.2) is 60.2 Å². The molecule has 7 heteroatoms. The molecular formula is C20H27IN4O2. The molecule has 0 fully saturated rings. The Balaban J connectivity index is 0.00000364. The molecule has 0 amide bonds. The highest BCUT2D eigenvalue weighted by Gasteiger charge is 2.06. The molecular weight excluding hydrogens is 455 g/mol. The number of ether oxygens (including phenoxy) is 2. The van der Waals surface area contributed by atoms with Gasteiger partial charge in [0.05, 0.1) is 13.2 Å². The van der Waals surface area contributed by atoms with E-state index < -0.39 is 0 Å². The SMILES string of the molecule is C=CCNC(=NCc1ccc(Oc2ccccc2OCC)nc1)NCC.I. The topological polar surface area (TPSA) is 67.8 Å². The van der Waals surface area contributed by atoms with Gasteiger partial charge in [0.1, 0.15) is 0 Å². The van der Waals surface area contributed by atoms with E-state index in [4.69, 9.17) is 9.47 Å². The first-order valence-electron chi connectivity index (χ1n) is 8.74. The maximum absolute atomic E-state index is 5.83. The van der Waals surface area contributed by atoms with Crippen molar-refractivity contribution in [1.29, 1.82) is 0 Å². The third-order valence-electron chi connectivity index (χ3n) is 3.34. The van der Waals surface area contributed by atoms with E-state index >= 15 is 0 Å². The summed E-state index contributed by atoms with van der Waals surface area (Å²) in [5.74, 6) is 2.62. The van der Waals surface area contributed by atoms with Crippen molar-refractivity contribution in [2.75, 3.05) is 19.7 Å². The summed E-state index contributed by atoms with van der Waals surface area (Å²) in [5.41, 5.74) is 0.992. The zero-order valence-corrected chi connectivity index (χ0v) is 18.1. The van der Waals surface area contributed by atoms with Crippen molar-refractivity contribution in [1.82, 2.24) is 15.6 Å². The van der Waals surface area contributed by atoms with E-state index in [-0.39, 0.29) is 24.0 Å². The van der Waals surface area contributed by atoms with Crippen molar-refractivity contribution in [3.63, 3.8) is 0 Å². The highest BCUT2D eigenvalue weighted by molar-refractivity contribution is 14.0. The summed E-state index contributed by atoms with van der Waals surface area (Å²) in [4.78, 5) is 8.88. The molecule has 0 radical (unpaired) electrons. The third kappa shape index (κ3) is 7.86. The number of guanidine groups is 1. The van der Waals surface area contributed by atoms with E-state index in [2.05, 4.69) is 27.2 Å². The van der Waals surface area contributed by atoms with Crippen molar-refractivity contribution in [2.24, 2.45) is 4.99 Å². The number of hydrogen-bond acceptors (Lipinski definition) is 4.